The number of carboxylic acid groups (broad SMARTS) is 1. The molecule has 2 atom stereocenters. The van der Waals surface area contributed by atoms with Crippen LogP contribution >= 0.6 is 0 Å². The fraction of sp³-hybridized carbons (Fsp3) is 0.708. The Morgan fingerprint density at radius 2 is 1.78 bits per heavy atom. The largest absolute Gasteiger partial charge is 0.507 e. The van der Waals surface area contributed by atoms with Gasteiger partial charge in [-0.3, -0.25) is 0 Å². The molecule has 0 fully saturated rings. The zero-order valence-electron chi connectivity index (χ0n) is 18.1. The molecule has 2 N–H and O–H groups in total. The molecule has 0 heterocycles. The van der Waals surface area contributed by atoms with Crippen LogP contribution in [0.3, 0.4) is 0 Å². The lowest BCUT2D eigenvalue weighted by atomic mass is 9.75. The molecule has 27 heavy (non-hydrogen) atoms. The van der Waals surface area contributed by atoms with E-state index in [1.807, 2.05) is 6.07 Å². The lowest BCUT2D eigenvalue weighted by Gasteiger charge is -2.30. The van der Waals surface area contributed by atoms with Gasteiger partial charge < -0.3 is 10.2 Å². The van der Waals surface area contributed by atoms with Gasteiger partial charge in [-0.2, -0.15) is 0 Å². The smallest absolute Gasteiger partial charge is 0.339 e. The SMILES string of the molecule is CCCCCC(CCC(C)(C)CC(C)CCC)c1cccc(C(=O)O)c1O. The summed E-state index contributed by atoms with van der Waals surface area (Å²) in [5.74, 6) is -0.150. The second-order valence-electron chi connectivity index (χ2n) is 9.04. The highest BCUT2D eigenvalue weighted by molar-refractivity contribution is 5.91. The monoisotopic (exact) mass is 376 g/mol. The van der Waals surface area contributed by atoms with Crippen LogP contribution in [-0.4, -0.2) is 16.2 Å². The Morgan fingerprint density at radius 3 is 2.37 bits per heavy atom. The molecule has 1 aromatic carbocycles. The molecule has 0 saturated heterocycles. The molecular weight excluding hydrogens is 336 g/mol. The standard InChI is InChI=1S/C24H40O3/c1-6-8-9-12-19(15-16-24(4,5)17-18(3)11-7-2)20-13-10-14-21(22(20)25)23(26)27/h10,13-14,18-19,25H,6-9,11-12,15-17H2,1-5H3,(H,26,27). The number of unbranched alkanes of at least 4 members (excludes halogenated alkanes) is 2. The molecule has 0 aliphatic carbocycles. The predicted octanol–water partition coefficient (Wildman–Crippen LogP) is 7.39. The molecule has 3 nitrogen and oxygen atoms in total. The van der Waals surface area contributed by atoms with Gasteiger partial charge in [-0.15, -0.1) is 0 Å². The summed E-state index contributed by atoms with van der Waals surface area (Å²) >= 11 is 0. The van der Waals surface area contributed by atoms with Crippen molar-refractivity contribution in [2.45, 2.75) is 98.3 Å². The molecule has 0 aliphatic heterocycles. The lowest BCUT2D eigenvalue weighted by Crippen LogP contribution is -2.17. The number of rotatable bonds is 13. The summed E-state index contributed by atoms with van der Waals surface area (Å²) in [6.45, 7) is 11.5. The van der Waals surface area contributed by atoms with Gasteiger partial charge in [0.25, 0.3) is 0 Å². The van der Waals surface area contributed by atoms with E-state index in [-0.39, 0.29) is 22.6 Å². The number of benzene rings is 1. The minimum Gasteiger partial charge on any atom is -0.507 e. The third-order valence-corrected chi connectivity index (χ3v) is 5.75. The number of hydrogen-bond donors (Lipinski definition) is 2. The summed E-state index contributed by atoms with van der Waals surface area (Å²) in [4.78, 5) is 11.4. The van der Waals surface area contributed by atoms with Gasteiger partial charge in [-0.05, 0) is 54.6 Å². The molecule has 0 amide bonds. The number of hydrogen-bond acceptors (Lipinski definition) is 2. The first-order chi connectivity index (χ1) is 12.7. The Bertz CT molecular complexity index is 577. The predicted molar refractivity (Wildman–Crippen MR) is 114 cm³/mol. The summed E-state index contributed by atoms with van der Waals surface area (Å²) in [6, 6.07) is 5.16. The topological polar surface area (TPSA) is 57.5 Å². The maximum absolute atomic E-state index is 11.4. The van der Waals surface area contributed by atoms with E-state index >= 15 is 0 Å². The van der Waals surface area contributed by atoms with Crippen molar-refractivity contribution in [3.05, 3.63) is 29.3 Å². The summed E-state index contributed by atoms with van der Waals surface area (Å²) in [5, 5.41) is 19.9. The fourth-order valence-corrected chi connectivity index (χ4v) is 4.36. The molecular formula is C24H40O3. The number of aromatic carboxylic acids is 1. The molecule has 1 aromatic rings. The first-order valence-electron chi connectivity index (χ1n) is 10.8. The highest BCUT2D eigenvalue weighted by Gasteiger charge is 2.25. The quantitative estimate of drug-likeness (QED) is 0.353. The van der Waals surface area contributed by atoms with Gasteiger partial charge in [0.05, 0.1) is 0 Å². The zero-order valence-corrected chi connectivity index (χ0v) is 18.1. The van der Waals surface area contributed by atoms with E-state index in [0.717, 1.165) is 43.6 Å². The summed E-state index contributed by atoms with van der Waals surface area (Å²) in [5.41, 5.74) is 1.09. The van der Waals surface area contributed by atoms with E-state index in [2.05, 4.69) is 34.6 Å². The molecule has 0 saturated carbocycles. The normalized spacial score (nSPS) is 14.1. The summed E-state index contributed by atoms with van der Waals surface area (Å²) < 4.78 is 0. The first-order valence-corrected chi connectivity index (χ1v) is 10.8. The maximum atomic E-state index is 11.4. The van der Waals surface area contributed by atoms with Crippen molar-refractivity contribution in [2.75, 3.05) is 0 Å². The van der Waals surface area contributed by atoms with Gasteiger partial charge in [0.1, 0.15) is 11.3 Å². The molecule has 154 valence electrons. The van der Waals surface area contributed by atoms with Gasteiger partial charge in [0, 0.05) is 0 Å². The van der Waals surface area contributed by atoms with Crippen LogP contribution in [0.25, 0.3) is 0 Å². The van der Waals surface area contributed by atoms with Crippen molar-refractivity contribution in [3.8, 4) is 5.75 Å². The van der Waals surface area contributed by atoms with Crippen LogP contribution in [0.1, 0.15) is 114 Å². The average Bonchev–Trinajstić information content (AvgIpc) is 2.58. The number of aromatic hydroxyl groups is 1. The number of para-hydroxylation sites is 1. The van der Waals surface area contributed by atoms with Crippen LogP contribution in [0.5, 0.6) is 5.75 Å². The van der Waals surface area contributed by atoms with Crippen LogP contribution in [0, 0.1) is 11.3 Å². The Kier molecular flexibility index (Phi) is 9.90. The van der Waals surface area contributed by atoms with Gasteiger partial charge in [0.15, 0.2) is 0 Å². The summed E-state index contributed by atoms with van der Waals surface area (Å²) in [7, 11) is 0. The van der Waals surface area contributed by atoms with Crippen molar-refractivity contribution in [2.24, 2.45) is 11.3 Å². The van der Waals surface area contributed by atoms with Gasteiger partial charge in [-0.25, -0.2) is 4.79 Å². The van der Waals surface area contributed by atoms with Crippen molar-refractivity contribution < 1.29 is 15.0 Å². The minimum atomic E-state index is -1.06. The van der Waals surface area contributed by atoms with Crippen LogP contribution in [-0.2, 0) is 0 Å². The molecule has 2 unspecified atom stereocenters. The van der Waals surface area contributed by atoms with E-state index < -0.39 is 5.97 Å². The lowest BCUT2D eigenvalue weighted by molar-refractivity contribution is 0.0693. The number of carboxylic acids is 1. The van der Waals surface area contributed by atoms with Gasteiger partial charge in [-0.1, -0.05) is 78.9 Å². The van der Waals surface area contributed by atoms with Crippen LogP contribution in [0.15, 0.2) is 18.2 Å². The molecule has 1 rings (SSSR count). The van der Waals surface area contributed by atoms with Crippen molar-refractivity contribution >= 4 is 5.97 Å². The molecule has 0 aliphatic rings. The van der Waals surface area contributed by atoms with Crippen molar-refractivity contribution in [1.82, 2.24) is 0 Å². The second kappa shape index (κ2) is 11.4. The summed E-state index contributed by atoms with van der Waals surface area (Å²) in [6.07, 6.45) is 10.2. The van der Waals surface area contributed by atoms with Crippen LogP contribution in [0.2, 0.25) is 0 Å². The van der Waals surface area contributed by atoms with Crippen molar-refractivity contribution in [1.29, 1.82) is 0 Å². The Labute approximate surface area is 166 Å². The van der Waals surface area contributed by atoms with E-state index in [0.29, 0.717) is 0 Å². The van der Waals surface area contributed by atoms with E-state index in [4.69, 9.17) is 0 Å². The van der Waals surface area contributed by atoms with Gasteiger partial charge >= 0.3 is 5.97 Å². The molecule has 0 aromatic heterocycles. The third-order valence-electron chi connectivity index (χ3n) is 5.75. The van der Waals surface area contributed by atoms with E-state index in [1.54, 1.807) is 6.07 Å². The number of carbonyl (C=O) groups is 1. The molecule has 3 heteroatoms. The van der Waals surface area contributed by atoms with E-state index in [9.17, 15) is 15.0 Å². The Hall–Kier alpha value is -1.51. The highest BCUT2D eigenvalue weighted by Crippen LogP contribution is 2.40. The minimum absolute atomic E-state index is 0.0174. The van der Waals surface area contributed by atoms with Gasteiger partial charge in [0.2, 0.25) is 0 Å². The highest BCUT2D eigenvalue weighted by atomic mass is 16.4. The molecule has 0 radical (unpaired) electrons. The molecule has 0 spiro atoms. The zero-order chi connectivity index (χ0) is 20.4. The number of phenols is 1. The maximum Gasteiger partial charge on any atom is 0.339 e. The second-order valence-corrected chi connectivity index (χ2v) is 9.04. The van der Waals surface area contributed by atoms with Crippen LogP contribution < -0.4 is 0 Å². The Morgan fingerprint density at radius 1 is 1.07 bits per heavy atom. The van der Waals surface area contributed by atoms with Crippen LogP contribution in [0.4, 0.5) is 0 Å². The average molecular weight is 377 g/mol. The van der Waals surface area contributed by atoms with Crippen molar-refractivity contribution in [3.63, 3.8) is 0 Å². The first kappa shape index (κ1) is 23.5. The fourth-order valence-electron chi connectivity index (χ4n) is 4.36. The molecule has 0 bridgehead atoms. The van der Waals surface area contributed by atoms with E-state index in [1.165, 1.54) is 31.7 Å². The third kappa shape index (κ3) is 7.94. The Balaban J connectivity index is 2.92.